The normalized spacial score (nSPS) is 21.0. The minimum Gasteiger partial charge on any atom is -0.347 e. The molecule has 0 radical (unpaired) electrons. The summed E-state index contributed by atoms with van der Waals surface area (Å²) in [6, 6.07) is 0. The third-order valence-corrected chi connectivity index (χ3v) is 5.75. The Bertz CT molecular complexity index is 712. The van der Waals surface area contributed by atoms with Crippen molar-refractivity contribution in [2.24, 2.45) is 5.92 Å². The second-order valence-corrected chi connectivity index (χ2v) is 7.27. The molecule has 0 aliphatic carbocycles. The molecule has 7 nitrogen and oxygen atoms in total. The molecule has 1 saturated heterocycles. The Labute approximate surface area is 145 Å². The van der Waals surface area contributed by atoms with E-state index in [-0.39, 0.29) is 11.8 Å². The Balaban J connectivity index is 1.44. The van der Waals surface area contributed by atoms with Gasteiger partial charge in [0.1, 0.15) is 5.82 Å². The number of hydrogen-bond donors (Lipinski definition) is 0. The molecule has 2 aromatic rings. The van der Waals surface area contributed by atoms with Gasteiger partial charge in [0, 0.05) is 44.2 Å². The molecule has 0 unspecified atom stereocenters. The van der Waals surface area contributed by atoms with E-state index in [1.54, 1.807) is 11.3 Å². The second-order valence-electron chi connectivity index (χ2n) is 6.40. The van der Waals surface area contributed by atoms with Gasteiger partial charge in [-0.1, -0.05) is 6.92 Å². The minimum absolute atomic E-state index is 0.0581. The molecular formula is C16H22N6OS. The average Bonchev–Trinajstić information content (AvgIpc) is 3.30. The summed E-state index contributed by atoms with van der Waals surface area (Å²) >= 11 is 1.64. The van der Waals surface area contributed by atoms with Gasteiger partial charge in [-0.25, -0.2) is 4.98 Å². The van der Waals surface area contributed by atoms with Crippen LogP contribution in [0.25, 0.3) is 0 Å². The first-order valence-corrected chi connectivity index (χ1v) is 9.48. The van der Waals surface area contributed by atoms with Crippen molar-refractivity contribution in [1.29, 1.82) is 0 Å². The highest BCUT2D eigenvalue weighted by atomic mass is 32.1. The number of carbonyl (C=O) groups is 1. The zero-order chi connectivity index (χ0) is 16.5. The van der Waals surface area contributed by atoms with E-state index in [4.69, 9.17) is 0 Å². The summed E-state index contributed by atoms with van der Waals surface area (Å²) in [5.74, 6) is 2.25. The van der Waals surface area contributed by atoms with Crippen molar-refractivity contribution in [1.82, 2.24) is 24.6 Å². The number of anilines is 1. The van der Waals surface area contributed by atoms with Crippen molar-refractivity contribution in [2.45, 2.75) is 39.3 Å². The summed E-state index contributed by atoms with van der Waals surface area (Å²) in [5.41, 5.74) is 0. The van der Waals surface area contributed by atoms with E-state index in [9.17, 15) is 4.79 Å². The lowest BCUT2D eigenvalue weighted by Crippen LogP contribution is -2.47. The van der Waals surface area contributed by atoms with Crippen LogP contribution in [0.2, 0.25) is 0 Å². The van der Waals surface area contributed by atoms with Gasteiger partial charge in [0.25, 0.3) is 0 Å². The molecule has 4 rings (SSSR count). The molecule has 24 heavy (non-hydrogen) atoms. The van der Waals surface area contributed by atoms with Crippen LogP contribution >= 0.6 is 11.3 Å². The summed E-state index contributed by atoms with van der Waals surface area (Å²) in [6.07, 6.45) is 4.71. The Morgan fingerprint density at radius 3 is 3.04 bits per heavy atom. The first-order valence-electron chi connectivity index (χ1n) is 8.60. The Morgan fingerprint density at radius 2 is 2.25 bits per heavy atom. The van der Waals surface area contributed by atoms with Gasteiger partial charge in [-0.15, -0.1) is 21.5 Å². The van der Waals surface area contributed by atoms with Crippen molar-refractivity contribution >= 4 is 22.4 Å². The number of piperidine rings is 1. The number of thiazole rings is 1. The number of aryl methyl sites for hydroxylation is 1. The lowest BCUT2D eigenvalue weighted by atomic mass is 9.96. The van der Waals surface area contributed by atoms with Crippen LogP contribution in [0.1, 0.15) is 31.4 Å². The molecule has 1 amide bonds. The van der Waals surface area contributed by atoms with E-state index in [1.165, 1.54) is 0 Å². The fourth-order valence-corrected chi connectivity index (χ4v) is 4.33. The van der Waals surface area contributed by atoms with Gasteiger partial charge in [0.15, 0.2) is 11.0 Å². The van der Waals surface area contributed by atoms with E-state index in [0.29, 0.717) is 6.54 Å². The molecule has 1 atom stereocenters. The first-order chi connectivity index (χ1) is 11.8. The van der Waals surface area contributed by atoms with Gasteiger partial charge in [-0.2, -0.15) is 0 Å². The van der Waals surface area contributed by atoms with Gasteiger partial charge < -0.3 is 14.4 Å². The lowest BCUT2D eigenvalue weighted by Gasteiger charge is -2.36. The summed E-state index contributed by atoms with van der Waals surface area (Å²) in [5, 5.41) is 11.5. The van der Waals surface area contributed by atoms with E-state index in [0.717, 1.165) is 62.2 Å². The maximum atomic E-state index is 13.0. The molecule has 0 N–H and O–H groups in total. The van der Waals surface area contributed by atoms with Crippen LogP contribution in [0, 0.1) is 5.92 Å². The number of rotatable bonds is 3. The molecule has 128 valence electrons. The molecule has 0 aromatic carbocycles. The SMILES string of the molecule is CCc1nnc2n1CCN(C(=O)[C@H]1CCCN(c3nccs3)C1)C2. The van der Waals surface area contributed by atoms with Crippen LogP contribution in [0.15, 0.2) is 11.6 Å². The standard InChI is InChI=1S/C16H22N6OS/c1-2-13-18-19-14-11-20(7-8-22(13)14)15(23)12-4-3-6-21(10-12)16-17-5-9-24-16/h5,9,12H,2-4,6-8,10-11H2,1H3/t12-/m0/s1. The lowest BCUT2D eigenvalue weighted by molar-refractivity contribution is -0.137. The number of amides is 1. The fourth-order valence-electron chi connectivity index (χ4n) is 3.65. The first kappa shape index (κ1) is 15.6. The van der Waals surface area contributed by atoms with Gasteiger partial charge >= 0.3 is 0 Å². The zero-order valence-electron chi connectivity index (χ0n) is 13.9. The third-order valence-electron chi connectivity index (χ3n) is 4.92. The molecular weight excluding hydrogens is 324 g/mol. The second kappa shape index (κ2) is 6.51. The number of carbonyl (C=O) groups excluding carboxylic acids is 1. The molecule has 2 aliphatic heterocycles. The molecule has 4 heterocycles. The van der Waals surface area contributed by atoms with Gasteiger partial charge in [-0.3, -0.25) is 4.79 Å². The summed E-state index contributed by atoms with van der Waals surface area (Å²) in [4.78, 5) is 21.6. The molecule has 8 heteroatoms. The monoisotopic (exact) mass is 346 g/mol. The van der Waals surface area contributed by atoms with Gasteiger partial charge in [0.05, 0.1) is 12.5 Å². The van der Waals surface area contributed by atoms with Gasteiger partial charge in [0.2, 0.25) is 5.91 Å². The number of aromatic nitrogens is 4. The highest BCUT2D eigenvalue weighted by molar-refractivity contribution is 7.13. The summed E-state index contributed by atoms with van der Waals surface area (Å²) in [6.45, 7) is 6.00. The van der Waals surface area contributed by atoms with E-state index in [1.807, 2.05) is 16.5 Å². The predicted molar refractivity (Wildman–Crippen MR) is 91.9 cm³/mol. The third kappa shape index (κ3) is 2.79. The zero-order valence-corrected chi connectivity index (χ0v) is 14.7. The fraction of sp³-hybridized carbons (Fsp3) is 0.625. The molecule has 0 spiro atoms. The molecule has 2 aromatic heterocycles. The van der Waals surface area contributed by atoms with Crippen molar-refractivity contribution < 1.29 is 4.79 Å². The quantitative estimate of drug-likeness (QED) is 0.844. The van der Waals surface area contributed by atoms with Gasteiger partial charge in [-0.05, 0) is 12.8 Å². The summed E-state index contributed by atoms with van der Waals surface area (Å²) < 4.78 is 2.16. The van der Waals surface area contributed by atoms with E-state index >= 15 is 0 Å². The van der Waals surface area contributed by atoms with Crippen molar-refractivity contribution in [3.05, 3.63) is 23.2 Å². The van der Waals surface area contributed by atoms with E-state index < -0.39 is 0 Å². The largest absolute Gasteiger partial charge is 0.347 e. The molecule has 2 aliphatic rings. The Kier molecular flexibility index (Phi) is 4.22. The maximum Gasteiger partial charge on any atom is 0.227 e. The highest BCUT2D eigenvalue weighted by Gasteiger charge is 2.32. The average molecular weight is 346 g/mol. The van der Waals surface area contributed by atoms with Crippen LogP contribution in [-0.4, -0.2) is 50.2 Å². The summed E-state index contributed by atoms with van der Waals surface area (Å²) in [7, 11) is 0. The highest BCUT2D eigenvalue weighted by Crippen LogP contribution is 2.27. The molecule has 1 fully saturated rings. The number of fused-ring (bicyclic) bond motifs is 1. The van der Waals surface area contributed by atoms with Crippen LogP contribution in [0.4, 0.5) is 5.13 Å². The maximum absolute atomic E-state index is 13.0. The number of hydrogen-bond acceptors (Lipinski definition) is 6. The van der Waals surface area contributed by atoms with Crippen LogP contribution in [0.5, 0.6) is 0 Å². The number of nitrogens with zero attached hydrogens (tertiary/aromatic N) is 6. The topological polar surface area (TPSA) is 67.2 Å². The van der Waals surface area contributed by atoms with Crippen molar-refractivity contribution in [3.8, 4) is 0 Å². The molecule has 0 bridgehead atoms. The van der Waals surface area contributed by atoms with Crippen LogP contribution < -0.4 is 4.90 Å². The Hall–Kier alpha value is -1.96. The van der Waals surface area contributed by atoms with Crippen LogP contribution in [-0.2, 0) is 24.3 Å². The Morgan fingerprint density at radius 1 is 1.33 bits per heavy atom. The van der Waals surface area contributed by atoms with Crippen LogP contribution in [0.3, 0.4) is 0 Å². The van der Waals surface area contributed by atoms with Crippen molar-refractivity contribution in [3.63, 3.8) is 0 Å². The minimum atomic E-state index is 0.0581. The molecule has 0 saturated carbocycles. The van der Waals surface area contributed by atoms with E-state index in [2.05, 4.69) is 31.6 Å². The smallest absolute Gasteiger partial charge is 0.227 e. The predicted octanol–water partition coefficient (Wildman–Crippen LogP) is 1.56. The van der Waals surface area contributed by atoms with Crippen molar-refractivity contribution in [2.75, 3.05) is 24.5 Å².